The molecule has 4 heteroatoms. The molecule has 0 aliphatic carbocycles. The van der Waals surface area contributed by atoms with Gasteiger partial charge in [0.15, 0.2) is 0 Å². The van der Waals surface area contributed by atoms with Crippen LogP contribution >= 0.6 is 0 Å². The van der Waals surface area contributed by atoms with Crippen molar-refractivity contribution in [2.24, 2.45) is 0 Å². The van der Waals surface area contributed by atoms with Gasteiger partial charge in [0.1, 0.15) is 17.2 Å². The highest BCUT2D eigenvalue weighted by molar-refractivity contribution is 5.86. The van der Waals surface area contributed by atoms with E-state index in [2.05, 4.69) is 46.8 Å². The number of carbonyl (C=O) groups is 1. The van der Waals surface area contributed by atoms with Crippen molar-refractivity contribution in [1.29, 1.82) is 0 Å². The normalized spacial score (nSPS) is 11.7. The zero-order valence-electron chi connectivity index (χ0n) is 20.7. The molecule has 0 bridgehead atoms. The maximum absolute atomic E-state index is 11.1. The third-order valence-corrected chi connectivity index (χ3v) is 5.77. The molecule has 0 heterocycles. The van der Waals surface area contributed by atoms with Crippen molar-refractivity contribution >= 4 is 12.0 Å². The van der Waals surface area contributed by atoms with E-state index >= 15 is 0 Å². The fraction of sp³-hybridized carbons (Fsp3) is 0.300. The van der Waals surface area contributed by atoms with E-state index in [0.717, 1.165) is 35.8 Å². The summed E-state index contributed by atoms with van der Waals surface area (Å²) in [6.07, 6.45) is 4.84. The van der Waals surface area contributed by atoms with Gasteiger partial charge in [0.2, 0.25) is 0 Å². The summed E-state index contributed by atoms with van der Waals surface area (Å²) in [5.74, 6) is 1.14. The Labute approximate surface area is 202 Å². The first-order valence-corrected chi connectivity index (χ1v) is 11.8. The minimum Gasteiger partial charge on any atom is -0.490 e. The largest absolute Gasteiger partial charge is 0.490 e. The van der Waals surface area contributed by atoms with E-state index in [1.165, 1.54) is 5.56 Å². The highest BCUT2D eigenvalue weighted by atomic mass is 16.5. The molecule has 0 spiro atoms. The predicted octanol–water partition coefficient (Wildman–Crippen LogP) is 8.11. The summed E-state index contributed by atoms with van der Waals surface area (Å²) < 4.78 is 12.2. The molecule has 3 aromatic rings. The van der Waals surface area contributed by atoms with Crippen LogP contribution < -0.4 is 9.47 Å². The molecule has 3 rings (SSSR count). The number of hydrogen-bond donors (Lipinski definition) is 1. The van der Waals surface area contributed by atoms with E-state index < -0.39 is 5.97 Å². The van der Waals surface area contributed by atoms with Crippen LogP contribution in [0.1, 0.15) is 58.6 Å². The third-order valence-electron chi connectivity index (χ3n) is 5.77. The van der Waals surface area contributed by atoms with Gasteiger partial charge in [-0.05, 0) is 71.4 Å². The summed E-state index contributed by atoms with van der Waals surface area (Å²) in [6, 6.07) is 21.8. The van der Waals surface area contributed by atoms with Gasteiger partial charge in [-0.25, -0.2) is 4.79 Å². The van der Waals surface area contributed by atoms with E-state index in [9.17, 15) is 4.79 Å². The van der Waals surface area contributed by atoms with Crippen molar-refractivity contribution in [3.8, 4) is 28.4 Å². The van der Waals surface area contributed by atoms with E-state index in [-0.39, 0.29) is 11.5 Å². The van der Waals surface area contributed by atoms with Crippen molar-refractivity contribution in [2.75, 3.05) is 0 Å². The van der Waals surface area contributed by atoms with E-state index in [1.807, 2.05) is 54.6 Å². The molecule has 4 nitrogen and oxygen atoms in total. The van der Waals surface area contributed by atoms with Crippen LogP contribution in [0, 0.1) is 0 Å². The molecule has 178 valence electrons. The van der Waals surface area contributed by atoms with Crippen molar-refractivity contribution in [1.82, 2.24) is 0 Å². The molecule has 34 heavy (non-hydrogen) atoms. The number of carboxylic acids is 1. The second-order valence-electron chi connectivity index (χ2n) is 9.38. The standard InChI is InChI=1S/C30H34O4/c1-6-25(7-2)33-26-15-10-21(11-16-26)23-9-8-22(12-19-29(31)32)28(20-23)34-27-17-13-24(14-18-27)30(3,4)5/h8-20,25H,6-7H2,1-5H3,(H,31,32)/b19-12+. The quantitative estimate of drug-likeness (QED) is 0.329. The van der Waals surface area contributed by atoms with Crippen LogP contribution in [0.4, 0.5) is 0 Å². The van der Waals surface area contributed by atoms with Gasteiger partial charge in [-0.15, -0.1) is 0 Å². The molecule has 0 saturated heterocycles. The van der Waals surface area contributed by atoms with Crippen molar-refractivity contribution in [2.45, 2.75) is 59.0 Å². The molecule has 0 aromatic heterocycles. The first kappa shape index (κ1) is 25.1. The Hall–Kier alpha value is -3.53. The number of rotatable bonds is 9. The summed E-state index contributed by atoms with van der Waals surface area (Å²) >= 11 is 0. The Morgan fingerprint density at radius 1 is 0.882 bits per heavy atom. The Bertz CT molecular complexity index is 1120. The molecular weight excluding hydrogens is 424 g/mol. The monoisotopic (exact) mass is 458 g/mol. The molecule has 0 amide bonds. The highest BCUT2D eigenvalue weighted by Crippen LogP contribution is 2.33. The van der Waals surface area contributed by atoms with Gasteiger partial charge in [0, 0.05) is 11.6 Å². The van der Waals surface area contributed by atoms with Crippen molar-refractivity contribution < 1.29 is 19.4 Å². The molecule has 3 aromatic carbocycles. The van der Waals surface area contributed by atoms with Gasteiger partial charge in [-0.2, -0.15) is 0 Å². The van der Waals surface area contributed by atoms with Crippen molar-refractivity contribution in [3.63, 3.8) is 0 Å². The highest BCUT2D eigenvalue weighted by Gasteiger charge is 2.14. The van der Waals surface area contributed by atoms with Crippen LogP contribution in [-0.2, 0) is 10.2 Å². The molecule has 1 N–H and O–H groups in total. The fourth-order valence-corrected chi connectivity index (χ4v) is 3.62. The van der Waals surface area contributed by atoms with Crippen LogP contribution in [0.5, 0.6) is 17.2 Å². The lowest BCUT2D eigenvalue weighted by Gasteiger charge is -2.19. The second-order valence-corrected chi connectivity index (χ2v) is 9.38. The fourth-order valence-electron chi connectivity index (χ4n) is 3.62. The molecule has 0 aliphatic heterocycles. The smallest absolute Gasteiger partial charge is 0.328 e. The van der Waals surface area contributed by atoms with Crippen LogP contribution in [0.25, 0.3) is 17.2 Å². The summed E-state index contributed by atoms with van der Waals surface area (Å²) in [7, 11) is 0. The molecular formula is C30H34O4. The Morgan fingerprint density at radius 2 is 1.47 bits per heavy atom. The molecule has 0 aliphatic rings. The van der Waals surface area contributed by atoms with Gasteiger partial charge < -0.3 is 14.6 Å². The summed E-state index contributed by atoms with van der Waals surface area (Å²) in [5, 5.41) is 9.08. The summed E-state index contributed by atoms with van der Waals surface area (Å²) in [4.78, 5) is 11.1. The minimum absolute atomic E-state index is 0.0536. The molecule has 0 radical (unpaired) electrons. The SMILES string of the molecule is CCC(CC)Oc1ccc(-c2ccc(/C=C/C(=O)O)c(Oc3ccc(C(C)(C)C)cc3)c2)cc1. The lowest BCUT2D eigenvalue weighted by molar-refractivity contribution is -0.131. The number of hydrogen-bond acceptors (Lipinski definition) is 3. The van der Waals surface area contributed by atoms with Gasteiger partial charge in [-0.1, -0.05) is 71.0 Å². The Balaban J connectivity index is 1.90. The van der Waals surface area contributed by atoms with Crippen LogP contribution in [0.2, 0.25) is 0 Å². The van der Waals surface area contributed by atoms with Crippen LogP contribution in [0.3, 0.4) is 0 Å². The van der Waals surface area contributed by atoms with Gasteiger partial charge in [0.25, 0.3) is 0 Å². The third kappa shape index (κ3) is 6.74. The lowest BCUT2D eigenvalue weighted by Crippen LogP contribution is -2.13. The number of aliphatic carboxylic acids is 1. The number of ether oxygens (including phenoxy) is 2. The first-order valence-electron chi connectivity index (χ1n) is 11.8. The van der Waals surface area contributed by atoms with Crippen molar-refractivity contribution in [3.05, 3.63) is 83.9 Å². The Kier molecular flexibility index (Phi) is 8.17. The lowest BCUT2D eigenvalue weighted by atomic mass is 9.87. The second kappa shape index (κ2) is 11.1. The average molecular weight is 459 g/mol. The zero-order valence-corrected chi connectivity index (χ0v) is 20.7. The van der Waals surface area contributed by atoms with Crippen LogP contribution in [-0.4, -0.2) is 17.2 Å². The van der Waals surface area contributed by atoms with E-state index in [1.54, 1.807) is 6.08 Å². The molecule has 0 atom stereocenters. The minimum atomic E-state index is -1.00. The van der Waals surface area contributed by atoms with Gasteiger partial charge >= 0.3 is 5.97 Å². The van der Waals surface area contributed by atoms with Gasteiger partial charge in [-0.3, -0.25) is 0 Å². The van der Waals surface area contributed by atoms with E-state index in [0.29, 0.717) is 17.1 Å². The summed E-state index contributed by atoms with van der Waals surface area (Å²) in [6.45, 7) is 10.8. The average Bonchev–Trinajstić information content (AvgIpc) is 2.82. The van der Waals surface area contributed by atoms with Gasteiger partial charge in [0.05, 0.1) is 6.10 Å². The maximum Gasteiger partial charge on any atom is 0.328 e. The molecule has 0 fully saturated rings. The van der Waals surface area contributed by atoms with Crippen LogP contribution in [0.15, 0.2) is 72.8 Å². The molecule has 0 unspecified atom stereocenters. The zero-order chi connectivity index (χ0) is 24.7. The predicted molar refractivity (Wildman–Crippen MR) is 139 cm³/mol. The number of benzene rings is 3. The van der Waals surface area contributed by atoms with E-state index in [4.69, 9.17) is 14.6 Å². The first-order chi connectivity index (χ1) is 16.2. The molecule has 0 saturated carbocycles. The topological polar surface area (TPSA) is 55.8 Å². The Morgan fingerprint density at radius 3 is 2.03 bits per heavy atom. The number of carboxylic acid groups (broad SMARTS) is 1. The summed E-state index contributed by atoms with van der Waals surface area (Å²) in [5.41, 5.74) is 3.97. The maximum atomic E-state index is 11.1.